The van der Waals surface area contributed by atoms with Gasteiger partial charge in [-0.15, -0.1) is 0 Å². The summed E-state index contributed by atoms with van der Waals surface area (Å²) in [5.41, 5.74) is -0.336. The number of ether oxygens (including phenoxy) is 3. The third-order valence-electron chi connectivity index (χ3n) is 6.23. The van der Waals surface area contributed by atoms with E-state index < -0.39 is 23.0 Å². The standard InChI is InChI=1S/C21H23FN2O6/c1-28-19-16-13(18(25)14(20(26)27)11-24(16)12-2-3-12)10-15(22)17(19)23-6-4-21(5-7-23)29-8-9-30-21/h10-12H,2-9H2,1H3,(H,26,27). The maximum Gasteiger partial charge on any atom is 0.341 e. The molecular formula is C21H23FN2O6. The lowest BCUT2D eigenvalue weighted by atomic mass is 10.0. The van der Waals surface area contributed by atoms with Gasteiger partial charge in [-0.2, -0.15) is 0 Å². The number of aromatic carboxylic acids is 1. The Hall–Kier alpha value is -2.65. The van der Waals surface area contributed by atoms with E-state index >= 15 is 4.39 Å². The van der Waals surface area contributed by atoms with Gasteiger partial charge in [0, 0.05) is 38.2 Å². The Morgan fingerprint density at radius 2 is 1.93 bits per heavy atom. The first-order chi connectivity index (χ1) is 14.4. The molecule has 2 aromatic rings. The van der Waals surface area contributed by atoms with E-state index in [0.29, 0.717) is 44.7 Å². The summed E-state index contributed by atoms with van der Waals surface area (Å²) >= 11 is 0. The molecule has 0 bridgehead atoms. The fourth-order valence-corrected chi connectivity index (χ4v) is 4.58. The van der Waals surface area contributed by atoms with Crippen LogP contribution in [-0.2, 0) is 9.47 Å². The highest BCUT2D eigenvalue weighted by molar-refractivity contribution is 5.97. The fraction of sp³-hybridized carbons (Fsp3) is 0.524. The molecule has 0 amide bonds. The molecule has 0 atom stereocenters. The Morgan fingerprint density at radius 1 is 1.27 bits per heavy atom. The summed E-state index contributed by atoms with van der Waals surface area (Å²) in [6.07, 6.45) is 4.30. The number of carboxylic acid groups (broad SMARTS) is 1. The van der Waals surface area contributed by atoms with E-state index in [2.05, 4.69) is 0 Å². The molecule has 160 valence electrons. The van der Waals surface area contributed by atoms with E-state index in [1.807, 2.05) is 4.90 Å². The van der Waals surface area contributed by atoms with Crippen LogP contribution in [-0.4, -0.2) is 54.8 Å². The van der Waals surface area contributed by atoms with Crippen LogP contribution in [0.2, 0.25) is 0 Å². The number of fused-ring (bicyclic) bond motifs is 1. The van der Waals surface area contributed by atoms with Crippen LogP contribution >= 0.6 is 0 Å². The summed E-state index contributed by atoms with van der Waals surface area (Å²) in [7, 11) is 1.44. The van der Waals surface area contributed by atoms with E-state index in [1.54, 1.807) is 4.57 Å². The molecule has 1 aromatic carbocycles. The number of methoxy groups -OCH3 is 1. The largest absolute Gasteiger partial charge is 0.492 e. The maximum absolute atomic E-state index is 15.3. The second kappa shape index (κ2) is 6.95. The van der Waals surface area contributed by atoms with Crippen LogP contribution in [0.4, 0.5) is 10.1 Å². The van der Waals surface area contributed by atoms with Crippen molar-refractivity contribution in [1.82, 2.24) is 4.57 Å². The fourth-order valence-electron chi connectivity index (χ4n) is 4.58. The van der Waals surface area contributed by atoms with Crippen LogP contribution in [0.3, 0.4) is 0 Å². The van der Waals surface area contributed by atoms with Crippen molar-refractivity contribution in [3.05, 3.63) is 33.9 Å². The molecule has 5 rings (SSSR count). The zero-order valence-electron chi connectivity index (χ0n) is 16.6. The minimum Gasteiger partial charge on any atom is -0.492 e. The number of halogens is 1. The number of aromatic nitrogens is 1. The Balaban J connectivity index is 1.66. The van der Waals surface area contributed by atoms with Crippen molar-refractivity contribution >= 4 is 22.6 Å². The van der Waals surface area contributed by atoms with Crippen LogP contribution in [0, 0.1) is 5.82 Å². The second-order valence-electron chi connectivity index (χ2n) is 8.05. The van der Waals surface area contributed by atoms with Gasteiger partial charge in [0.25, 0.3) is 0 Å². The number of anilines is 1. The van der Waals surface area contributed by atoms with E-state index in [9.17, 15) is 14.7 Å². The highest BCUT2D eigenvalue weighted by Crippen LogP contribution is 2.45. The van der Waals surface area contributed by atoms with Gasteiger partial charge in [0.15, 0.2) is 17.4 Å². The lowest BCUT2D eigenvalue weighted by Gasteiger charge is -2.39. The van der Waals surface area contributed by atoms with Gasteiger partial charge in [-0.1, -0.05) is 0 Å². The Morgan fingerprint density at radius 3 is 2.50 bits per heavy atom. The molecule has 30 heavy (non-hydrogen) atoms. The molecule has 1 saturated carbocycles. The molecule has 2 saturated heterocycles. The minimum atomic E-state index is -1.32. The van der Waals surface area contributed by atoms with Crippen molar-refractivity contribution in [3.63, 3.8) is 0 Å². The normalized spacial score (nSPS) is 20.8. The van der Waals surface area contributed by atoms with Crippen molar-refractivity contribution < 1.29 is 28.5 Å². The Kier molecular flexibility index (Phi) is 4.48. The highest BCUT2D eigenvalue weighted by atomic mass is 19.1. The van der Waals surface area contributed by atoms with E-state index in [4.69, 9.17) is 14.2 Å². The van der Waals surface area contributed by atoms with Crippen molar-refractivity contribution in [2.24, 2.45) is 0 Å². The van der Waals surface area contributed by atoms with Crippen molar-refractivity contribution in [1.29, 1.82) is 0 Å². The summed E-state index contributed by atoms with van der Waals surface area (Å²) in [4.78, 5) is 26.2. The summed E-state index contributed by atoms with van der Waals surface area (Å²) in [5, 5.41) is 9.46. The van der Waals surface area contributed by atoms with Gasteiger partial charge in [0.05, 0.1) is 31.2 Å². The van der Waals surface area contributed by atoms with Gasteiger partial charge in [0.1, 0.15) is 11.3 Å². The molecule has 1 N–H and O–H groups in total. The number of carbonyl (C=O) groups is 1. The molecule has 1 aromatic heterocycles. The lowest BCUT2D eigenvalue weighted by Crippen LogP contribution is -2.45. The Labute approximate surface area is 171 Å². The number of benzene rings is 1. The van der Waals surface area contributed by atoms with Gasteiger partial charge in [-0.25, -0.2) is 9.18 Å². The van der Waals surface area contributed by atoms with E-state index in [-0.39, 0.29) is 28.4 Å². The molecule has 2 aliphatic heterocycles. The van der Waals surface area contributed by atoms with Crippen LogP contribution in [0.25, 0.3) is 10.9 Å². The molecule has 8 nitrogen and oxygen atoms in total. The first-order valence-electron chi connectivity index (χ1n) is 10.2. The highest BCUT2D eigenvalue weighted by Gasteiger charge is 2.41. The molecule has 0 unspecified atom stereocenters. The average molecular weight is 418 g/mol. The molecule has 3 fully saturated rings. The van der Waals surface area contributed by atoms with E-state index in [0.717, 1.165) is 18.9 Å². The van der Waals surface area contributed by atoms with Crippen molar-refractivity contribution in [2.75, 3.05) is 38.3 Å². The molecule has 3 aliphatic rings. The number of carboxylic acids is 1. The lowest BCUT2D eigenvalue weighted by molar-refractivity contribution is -0.169. The summed E-state index contributed by atoms with van der Waals surface area (Å²) in [6, 6.07) is 1.22. The van der Waals surface area contributed by atoms with Crippen LogP contribution in [0.5, 0.6) is 5.75 Å². The third kappa shape index (κ3) is 2.95. The first-order valence-corrected chi connectivity index (χ1v) is 10.2. The van der Waals surface area contributed by atoms with E-state index in [1.165, 1.54) is 13.3 Å². The second-order valence-corrected chi connectivity index (χ2v) is 8.05. The monoisotopic (exact) mass is 418 g/mol. The Bertz CT molecular complexity index is 1080. The molecular weight excluding hydrogens is 395 g/mol. The molecule has 1 spiro atoms. The predicted molar refractivity (Wildman–Crippen MR) is 106 cm³/mol. The van der Waals surface area contributed by atoms with Gasteiger partial charge >= 0.3 is 5.97 Å². The number of piperidine rings is 1. The molecule has 0 radical (unpaired) electrons. The van der Waals surface area contributed by atoms with Crippen LogP contribution in [0.1, 0.15) is 42.1 Å². The van der Waals surface area contributed by atoms with Gasteiger partial charge in [0.2, 0.25) is 5.43 Å². The van der Waals surface area contributed by atoms with Gasteiger partial charge < -0.3 is 28.8 Å². The maximum atomic E-state index is 15.3. The summed E-state index contributed by atoms with van der Waals surface area (Å²) in [6.45, 7) is 2.15. The minimum absolute atomic E-state index is 0.0239. The van der Waals surface area contributed by atoms with Gasteiger partial charge in [-0.05, 0) is 18.9 Å². The zero-order chi connectivity index (χ0) is 21.0. The molecule has 9 heteroatoms. The number of hydrogen-bond donors (Lipinski definition) is 1. The average Bonchev–Trinajstić information content (AvgIpc) is 3.48. The summed E-state index contributed by atoms with van der Waals surface area (Å²) in [5.74, 6) is -2.26. The number of pyridine rings is 1. The number of rotatable bonds is 4. The van der Waals surface area contributed by atoms with Crippen LogP contribution < -0.4 is 15.1 Å². The number of nitrogens with zero attached hydrogens (tertiary/aromatic N) is 2. The predicted octanol–water partition coefficient (Wildman–Crippen LogP) is 2.53. The topological polar surface area (TPSA) is 90.2 Å². The van der Waals surface area contributed by atoms with Crippen molar-refractivity contribution in [3.8, 4) is 5.75 Å². The third-order valence-corrected chi connectivity index (χ3v) is 6.23. The quantitative estimate of drug-likeness (QED) is 0.816. The summed E-state index contributed by atoms with van der Waals surface area (Å²) < 4.78 is 34.2. The molecule has 3 heterocycles. The van der Waals surface area contributed by atoms with Crippen molar-refractivity contribution in [2.45, 2.75) is 37.5 Å². The number of hydrogen-bond acceptors (Lipinski definition) is 6. The first kappa shape index (κ1) is 19.3. The zero-order valence-corrected chi connectivity index (χ0v) is 16.6. The molecule has 1 aliphatic carbocycles. The van der Waals surface area contributed by atoms with Crippen LogP contribution in [0.15, 0.2) is 17.1 Å². The smallest absolute Gasteiger partial charge is 0.341 e. The van der Waals surface area contributed by atoms with Gasteiger partial charge in [-0.3, -0.25) is 4.79 Å². The SMILES string of the molecule is COc1c(N2CCC3(CC2)OCCO3)c(F)cc2c(=O)c(C(=O)O)cn(C3CC3)c12.